The lowest BCUT2D eigenvalue weighted by Gasteiger charge is -2.13. The quantitative estimate of drug-likeness (QED) is 0.758. The Balaban J connectivity index is 2.39. The van der Waals surface area contributed by atoms with Gasteiger partial charge in [0.2, 0.25) is 11.8 Å². The lowest BCUT2D eigenvalue weighted by molar-refractivity contribution is -0.122. The highest BCUT2D eigenvalue weighted by Gasteiger charge is 2.30. The summed E-state index contributed by atoms with van der Waals surface area (Å²) in [4.78, 5) is 24.0. The van der Waals surface area contributed by atoms with Gasteiger partial charge in [-0.2, -0.15) is 0 Å². The molecule has 0 saturated carbocycles. The van der Waals surface area contributed by atoms with E-state index in [-0.39, 0.29) is 5.91 Å². The molecular weight excluding hydrogens is 353 g/mol. The minimum absolute atomic E-state index is 0.0771. The molecule has 2 aromatic rings. The number of hydrogen-bond acceptors (Lipinski definition) is 3. The van der Waals surface area contributed by atoms with Crippen LogP contribution in [0, 0.1) is 0 Å². The van der Waals surface area contributed by atoms with Crippen molar-refractivity contribution in [1.82, 2.24) is 9.88 Å². The number of carbonyl (C=O) groups excluding carboxylic acids is 2. The molecule has 1 aromatic heterocycles. The molecule has 3 rings (SSSR count). The van der Waals surface area contributed by atoms with E-state index in [2.05, 4.69) is 10.6 Å². The fourth-order valence-electron chi connectivity index (χ4n) is 3.31. The molecule has 1 aliphatic heterocycles. The summed E-state index contributed by atoms with van der Waals surface area (Å²) in [5.74, 6) is -1.03. The maximum Gasteiger partial charge on any atom is 0.250 e. The van der Waals surface area contributed by atoms with Gasteiger partial charge in [0.25, 0.3) is 0 Å². The van der Waals surface area contributed by atoms with Crippen LogP contribution in [0.25, 0.3) is 10.9 Å². The zero-order valence-corrected chi connectivity index (χ0v) is 14.8. The number of anilines is 1. The van der Waals surface area contributed by atoms with Gasteiger partial charge in [-0.3, -0.25) is 9.59 Å². The normalized spacial score (nSPS) is 17.4. The molecular formula is C16H17Cl2N3O3. The molecule has 6 nitrogen and oxygen atoms in total. The average Bonchev–Trinajstić information content (AvgIpc) is 2.75. The molecule has 1 atom stereocenters. The van der Waals surface area contributed by atoms with Crippen LogP contribution in [0.1, 0.15) is 24.1 Å². The number of amides is 2. The Bertz CT molecular complexity index is 860. The van der Waals surface area contributed by atoms with Gasteiger partial charge in [0.1, 0.15) is 6.61 Å². The SMILES string of the molecule is C[C@H]1C(=O)NCCc2c1c1c(NC(=O)CO)cc(Cl)c(Cl)c1n2C. The summed E-state index contributed by atoms with van der Waals surface area (Å²) >= 11 is 12.6. The number of rotatable bonds is 2. The minimum atomic E-state index is -0.646. The first kappa shape index (κ1) is 17.1. The molecule has 3 N–H and O–H groups in total. The zero-order chi connectivity index (χ0) is 17.6. The number of aliphatic hydroxyl groups excluding tert-OH is 1. The number of aryl methyl sites for hydroxylation is 1. The molecule has 0 bridgehead atoms. The molecule has 0 unspecified atom stereocenters. The van der Waals surface area contributed by atoms with Crippen LogP contribution in [-0.2, 0) is 23.1 Å². The lowest BCUT2D eigenvalue weighted by Crippen LogP contribution is -2.27. The van der Waals surface area contributed by atoms with Crippen molar-refractivity contribution in [3.8, 4) is 0 Å². The monoisotopic (exact) mass is 369 g/mol. The van der Waals surface area contributed by atoms with E-state index in [0.717, 1.165) is 11.3 Å². The Morgan fingerprint density at radius 1 is 1.50 bits per heavy atom. The number of nitrogens with one attached hydrogen (secondary N) is 2. The lowest BCUT2D eigenvalue weighted by atomic mass is 9.96. The predicted molar refractivity (Wildman–Crippen MR) is 93.8 cm³/mol. The van der Waals surface area contributed by atoms with Crippen LogP contribution in [0.5, 0.6) is 0 Å². The van der Waals surface area contributed by atoms with Gasteiger partial charge in [-0.05, 0) is 18.6 Å². The summed E-state index contributed by atoms with van der Waals surface area (Å²) in [6.07, 6.45) is 0.651. The van der Waals surface area contributed by atoms with Crippen molar-refractivity contribution in [3.63, 3.8) is 0 Å². The fourth-order valence-corrected chi connectivity index (χ4v) is 3.78. The van der Waals surface area contributed by atoms with Gasteiger partial charge in [0.15, 0.2) is 0 Å². The van der Waals surface area contributed by atoms with Crippen molar-refractivity contribution < 1.29 is 14.7 Å². The molecule has 0 fully saturated rings. The van der Waals surface area contributed by atoms with Crippen LogP contribution in [0.3, 0.4) is 0 Å². The maximum atomic E-state index is 12.3. The Kier molecular flexibility index (Phi) is 4.46. The number of fused-ring (bicyclic) bond motifs is 3. The topological polar surface area (TPSA) is 83.4 Å². The number of nitrogens with zero attached hydrogens (tertiary/aromatic N) is 1. The Morgan fingerprint density at radius 2 is 2.21 bits per heavy atom. The van der Waals surface area contributed by atoms with E-state index >= 15 is 0 Å². The first-order valence-corrected chi connectivity index (χ1v) is 8.30. The van der Waals surface area contributed by atoms with Gasteiger partial charge in [-0.1, -0.05) is 23.2 Å². The van der Waals surface area contributed by atoms with Crippen LogP contribution in [0.2, 0.25) is 10.0 Å². The highest BCUT2D eigenvalue weighted by Crippen LogP contribution is 2.43. The van der Waals surface area contributed by atoms with E-state index in [1.54, 1.807) is 6.07 Å². The van der Waals surface area contributed by atoms with Crippen LogP contribution in [-0.4, -0.2) is 34.6 Å². The van der Waals surface area contributed by atoms with Crippen LogP contribution >= 0.6 is 23.2 Å². The molecule has 2 amide bonds. The van der Waals surface area contributed by atoms with Gasteiger partial charge in [-0.25, -0.2) is 0 Å². The Labute approximate surface area is 148 Å². The van der Waals surface area contributed by atoms with Crippen LogP contribution in [0.15, 0.2) is 6.07 Å². The average molecular weight is 370 g/mol. The molecule has 0 spiro atoms. The fraction of sp³-hybridized carbons (Fsp3) is 0.375. The summed E-state index contributed by atoms with van der Waals surface area (Å²) in [6, 6.07) is 1.55. The van der Waals surface area contributed by atoms with E-state index in [1.807, 2.05) is 18.5 Å². The van der Waals surface area contributed by atoms with Crippen LogP contribution < -0.4 is 10.6 Å². The van der Waals surface area contributed by atoms with Gasteiger partial charge < -0.3 is 20.3 Å². The van der Waals surface area contributed by atoms with Crippen molar-refractivity contribution in [2.24, 2.45) is 7.05 Å². The molecule has 24 heavy (non-hydrogen) atoms. The smallest absolute Gasteiger partial charge is 0.250 e. The Morgan fingerprint density at radius 3 is 2.88 bits per heavy atom. The van der Waals surface area contributed by atoms with E-state index < -0.39 is 18.4 Å². The van der Waals surface area contributed by atoms with Crippen LogP contribution in [0.4, 0.5) is 5.69 Å². The molecule has 0 saturated heterocycles. The maximum absolute atomic E-state index is 12.3. The number of aliphatic hydroxyl groups is 1. The zero-order valence-electron chi connectivity index (χ0n) is 13.2. The molecule has 1 aliphatic rings. The second kappa shape index (κ2) is 6.27. The molecule has 0 aliphatic carbocycles. The second-order valence-electron chi connectivity index (χ2n) is 5.83. The van der Waals surface area contributed by atoms with E-state index in [4.69, 9.17) is 28.3 Å². The number of carbonyl (C=O) groups is 2. The van der Waals surface area contributed by atoms with Gasteiger partial charge in [-0.15, -0.1) is 0 Å². The largest absolute Gasteiger partial charge is 0.387 e. The standard InChI is InChI=1S/C16H17Cl2N3O3/c1-7-12-10(3-4-19-16(7)24)21(2)15-13(12)9(20-11(23)6-22)5-8(17)14(15)18/h5,7,22H,3-4,6H2,1-2H3,(H,19,24)(H,20,23)/t7-/m1/s1. The second-order valence-corrected chi connectivity index (χ2v) is 6.62. The third-order valence-corrected chi connectivity index (χ3v) is 5.20. The summed E-state index contributed by atoms with van der Waals surface area (Å²) < 4.78 is 1.92. The Hall–Kier alpha value is -1.76. The molecule has 8 heteroatoms. The molecule has 1 aromatic carbocycles. The third kappa shape index (κ3) is 2.55. The molecule has 0 radical (unpaired) electrons. The molecule has 128 valence electrons. The third-order valence-electron chi connectivity index (χ3n) is 4.42. The highest BCUT2D eigenvalue weighted by atomic mass is 35.5. The summed E-state index contributed by atoms with van der Waals surface area (Å²) in [7, 11) is 1.86. The summed E-state index contributed by atoms with van der Waals surface area (Å²) in [6.45, 7) is 1.70. The minimum Gasteiger partial charge on any atom is -0.387 e. The first-order valence-electron chi connectivity index (χ1n) is 7.54. The predicted octanol–water partition coefficient (Wildman–Crippen LogP) is 2.19. The van der Waals surface area contributed by atoms with Gasteiger partial charge in [0, 0.05) is 31.1 Å². The number of benzene rings is 1. The summed E-state index contributed by atoms with van der Waals surface area (Å²) in [5, 5.41) is 15.9. The van der Waals surface area contributed by atoms with Crippen molar-refractivity contribution in [1.29, 1.82) is 0 Å². The van der Waals surface area contributed by atoms with Crippen molar-refractivity contribution in [2.75, 3.05) is 18.5 Å². The number of hydrogen-bond donors (Lipinski definition) is 3. The van der Waals surface area contributed by atoms with E-state index in [0.29, 0.717) is 39.6 Å². The van der Waals surface area contributed by atoms with Gasteiger partial charge >= 0.3 is 0 Å². The van der Waals surface area contributed by atoms with E-state index in [9.17, 15) is 9.59 Å². The first-order chi connectivity index (χ1) is 11.4. The van der Waals surface area contributed by atoms with E-state index in [1.165, 1.54) is 0 Å². The number of halogens is 2. The highest BCUT2D eigenvalue weighted by molar-refractivity contribution is 6.46. The van der Waals surface area contributed by atoms with Crippen molar-refractivity contribution in [2.45, 2.75) is 19.3 Å². The molecule has 2 heterocycles. The van der Waals surface area contributed by atoms with Gasteiger partial charge in [0.05, 0.1) is 27.2 Å². The van der Waals surface area contributed by atoms with Crippen molar-refractivity contribution >= 4 is 51.6 Å². The summed E-state index contributed by atoms with van der Waals surface area (Å²) in [5.41, 5.74) is 2.91. The number of aromatic nitrogens is 1. The van der Waals surface area contributed by atoms with Crippen molar-refractivity contribution in [3.05, 3.63) is 27.4 Å².